The van der Waals surface area contributed by atoms with Crippen molar-refractivity contribution in [3.05, 3.63) is 42.0 Å². The van der Waals surface area contributed by atoms with Crippen molar-refractivity contribution < 1.29 is 107 Å². The number of fused-ring (bicyclic) bond motifs is 5. The highest BCUT2D eigenvalue weighted by Gasteiger charge is 2.76. The number of hydrogen-bond acceptors (Lipinski definition) is 22. The van der Waals surface area contributed by atoms with E-state index < -0.39 is 170 Å². The van der Waals surface area contributed by atoms with Gasteiger partial charge in [-0.2, -0.15) is 0 Å². The zero-order chi connectivity index (χ0) is 58.5. The summed E-state index contributed by atoms with van der Waals surface area (Å²) in [5.74, 6) is -2.11. The zero-order valence-electron chi connectivity index (χ0n) is 48.4. The molecule has 4 aliphatic heterocycles. The maximum atomic E-state index is 13.9. The number of carbonyl (C=O) groups excluding carboxylic acids is 2. The molecule has 0 radical (unpaired) electrons. The number of aliphatic hydroxyl groups is 7. The largest absolute Gasteiger partial charge is 0.458 e. The molecule has 0 unspecified atom stereocenters. The third kappa shape index (κ3) is 12.1. The van der Waals surface area contributed by atoms with Crippen LogP contribution in [0.3, 0.4) is 0 Å². The van der Waals surface area contributed by atoms with E-state index in [0.717, 1.165) is 12.0 Å². The van der Waals surface area contributed by atoms with Crippen molar-refractivity contribution in [2.75, 3.05) is 27.9 Å². The fourth-order valence-electron chi connectivity index (χ4n) is 16.0. The van der Waals surface area contributed by atoms with Gasteiger partial charge in [-0.3, -0.25) is 4.79 Å². The number of methoxy groups -OCH3 is 3. The lowest BCUT2D eigenvalue weighted by atomic mass is 9.41. The predicted octanol–water partition coefficient (Wildman–Crippen LogP) is 2.68. The summed E-state index contributed by atoms with van der Waals surface area (Å²) in [5.41, 5.74) is -2.08. The molecule has 458 valence electrons. The topological polar surface area (TPSA) is 296 Å². The monoisotopic (exact) mass is 1150 g/mol. The van der Waals surface area contributed by atoms with Crippen molar-refractivity contribution in [2.45, 2.75) is 247 Å². The van der Waals surface area contributed by atoms with Crippen molar-refractivity contribution in [3.63, 3.8) is 0 Å². The Kier molecular flexibility index (Phi) is 19.8. The summed E-state index contributed by atoms with van der Waals surface area (Å²) in [5, 5.41) is 77.0. The Morgan fingerprint density at radius 1 is 0.691 bits per heavy atom. The number of carbonyl (C=O) groups is 2. The molecule has 9 rings (SSSR count). The Bertz CT molecular complexity index is 2270. The first-order valence-corrected chi connectivity index (χ1v) is 29.2. The van der Waals surface area contributed by atoms with Gasteiger partial charge in [-0.05, 0) is 107 Å². The maximum absolute atomic E-state index is 13.9. The Hall–Kier alpha value is -2.82. The molecule has 8 fully saturated rings. The third-order valence-electron chi connectivity index (χ3n) is 20.2. The fraction of sp³-hybridized carbons (Fsp3) is 0.831. The molecule has 1 aromatic rings. The third-order valence-corrected chi connectivity index (χ3v) is 20.2. The molecule has 0 amide bonds. The number of benzene rings is 1. The molecule has 7 N–H and O–H groups in total. The molecule has 1 aromatic carbocycles. The van der Waals surface area contributed by atoms with Gasteiger partial charge in [0.1, 0.15) is 67.1 Å². The van der Waals surface area contributed by atoms with Gasteiger partial charge in [0.15, 0.2) is 25.2 Å². The standard InChI is InChI=1S/C59H90O22/c1-28(61)36-21-23-59(68)37-18-17-34-24-35(20-22-57(34,6)44(37)52(75-32(5)62)54(58(36,59)7)78-41(63)19-16-33-14-12-11-13-15-33)76-42-25-38(69-8)49(29(2)72-42)79-43-26-39(70-9)50(30(3)73-43)80-56-48(67)53(71-10)51(31(4)74-56)81-55-47(66)46(65)45(64)40(27-60)77-55/h11-16,19,28-31,34-40,42-56,60-61,64-68H,17-18,20-27H2,1-10H3/t28-,29+,30+,31+,34+,35-,36+,37+,38-,39+,40+,42-,43-,44+,45+,46-,47+,48+,49+,50+,51+,52-,53-,54+,55-,56-,57-,58-,59-/m0/s1. The average molecular weight is 1150 g/mol. The average Bonchev–Trinajstić information content (AvgIpc) is 2.12. The second-order valence-corrected chi connectivity index (χ2v) is 24.7. The molecule has 0 spiro atoms. The summed E-state index contributed by atoms with van der Waals surface area (Å²) in [4.78, 5) is 27.1. The predicted molar refractivity (Wildman–Crippen MR) is 284 cm³/mol. The molecule has 4 heterocycles. The van der Waals surface area contributed by atoms with Crippen molar-refractivity contribution in [1.82, 2.24) is 0 Å². The van der Waals surface area contributed by atoms with Gasteiger partial charge in [-0.1, -0.05) is 44.2 Å². The number of ether oxygens (including phenoxy) is 13. The van der Waals surface area contributed by atoms with Crippen LogP contribution in [0.25, 0.3) is 6.08 Å². The molecule has 22 heteroatoms. The molecule has 29 atom stereocenters. The molecule has 8 aliphatic rings. The highest BCUT2D eigenvalue weighted by atomic mass is 16.8. The van der Waals surface area contributed by atoms with Gasteiger partial charge in [0.05, 0.1) is 54.9 Å². The molecule has 0 aromatic heterocycles. The van der Waals surface area contributed by atoms with Crippen molar-refractivity contribution in [2.24, 2.45) is 34.5 Å². The van der Waals surface area contributed by atoms with E-state index in [0.29, 0.717) is 44.9 Å². The van der Waals surface area contributed by atoms with E-state index in [2.05, 4.69) is 6.92 Å². The molecule has 4 saturated carbocycles. The summed E-state index contributed by atoms with van der Waals surface area (Å²) < 4.78 is 81.2. The smallest absolute Gasteiger partial charge is 0.331 e. The van der Waals surface area contributed by atoms with Crippen LogP contribution >= 0.6 is 0 Å². The molecule has 4 aliphatic carbocycles. The van der Waals surface area contributed by atoms with Gasteiger partial charge >= 0.3 is 11.9 Å². The van der Waals surface area contributed by atoms with E-state index in [4.69, 9.17) is 61.6 Å². The van der Waals surface area contributed by atoms with Crippen LogP contribution in [0.1, 0.15) is 112 Å². The van der Waals surface area contributed by atoms with Crippen LogP contribution in [-0.2, 0) is 71.2 Å². The molecule has 81 heavy (non-hydrogen) atoms. The number of esters is 2. The van der Waals surface area contributed by atoms with Crippen LogP contribution in [0.15, 0.2) is 36.4 Å². The van der Waals surface area contributed by atoms with Crippen molar-refractivity contribution in [3.8, 4) is 0 Å². The maximum Gasteiger partial charge on any atom is 0.331 e. The Morgan fingerprint density at radius 3 is 1.93 bits per heavy atom. The minimum atomic E-state index is -1.68. The van der Waals surface area contributed by atoms with Gasteiger partial charge in [-0.25, -0.2) is 4.79 Å². The second kappa shape index (κ2) is 25.6. The van der Waals surface area contributed by atoms with Crippen LogP contribution in [0.2, 0.25) is 0 Å². The second-order valence-electron chi connectivity index (χ2n) is 24.7. The minimum Gasteiger partial charge on any atom is -0.458 e. The summed E-state index contributed by atoms with van der Waals surface area (Å²) in [7, 11) is 4.53. The van der Waals surface area contributed by atoms with Gasteiger partial charge in [-0.15, -0.1) is 0 Å². The molecular weight excluding hydrogens is 1060 g/mol. The van der Waals surface area contributed by atoms with Crippen LogP contribution in [0.4, 0.5) is 0 Å². The van der Waals surface area contributed by atoms with E-state index in [1.165, 1.54) is 20.1 Å². The summed E-state index contributed by atoms with van der Waals surface area (Å²) >= 11 is 0. The Morgan fingerprint density at radius 2 is 1.31 bits per heavy atom. The SMILES string of the molecule is CO[C@H]1[C@@H](O)[C@H](O[C@@H]2[C@@H](C)O[C@@H](O[C@H]3[C@@H](OC)C[C@H](O[C@H]4CC[C@@]5(C)[C@H](CC[C@@H]6[C@@H]5[C@H](OC(C)=O)[C@@H](OC(=O)C=Cc5ccccc5)[C@]5(C)[C@@H]([C@H](C)O)CC[C@]65O)C4)O[C@@H]3C)C[C@H]2OC)O[C@H](C)[C@H]1O[C@@H]1O[C@H](CO)[C@@H](O)[C@H](O)[C@H]1O. The summed E-state index contributed by atoms with van der Waals surface area (Å²) in [6, 6.07) is 9.39. The molecule has 22 nitrogen and oxygen atoms in total. The minimum absolute atomic E-state index is 0.0998. The zero-order valence-corrected chi connectivity index (χ0v) is 48.4. The van der Waals surface area contributed by atoms with Gasteiger partial charge in [0, 0.05) is 58.5 Å². The van der Waals surface area contributed by atoms with Crippen LogP contribution in [0.5, 0.6) is 0 Å². The van der Waals surface area contributed by atoms with Crippen LogP contribution in [-0.4, -0.2) is 216 Å². The Balaban J connectivity index is 0.824. The van der Waals surface area contributed by atoms with E-state index in [1.54, 1.807) is 41.1 Å². The first-order chi connectivity index (χ1) is 38.5. The van der Waals surface area contributed by atoms with Gasteiger partial charge in [0.25, 0.3) is 0 Å². The van der Waals surface area contributed by atoms with Crippen LogP contribution in [0, 0.1) is 34.5 Å². The lowest BCUT2D eigenvalue weighted by Crippen LogP contribution is -2.73. The van der Waals surface area contributed by atoms with Crippen molar-refractivity contribution in [1.29, 1.82) is 0 Å². The number of hydrogen-bond donors (Lipinski definition) is 7. The Labute approximate surface area is 474 Å². The lowest BCUT2D eigenvalue weighted by molar-refractivity contribution is -0.373. The molecule has 0 bridgehead atoms. The summed E-state index contributed by atoms with van der Waals surface area (Å²) in [6.07, 6.45) is -13.0. The van der Waals surface area contributed by atoms with E-state index in [1.807, 2.05) is 44.2 Å². The first kappa shape index (κ1) is 62.7. The van der Waals surface area contributed by atoms with E-state index in [-0.39, 0.29) is 30.3 Å². The fourth-order valence-corrected chi connectivity index (χ4v) is 16.0. The molecular formula is C59H90O22. The number of rotatable bonds is 17. The normalized spacial score (nSPS) is 48.6. The quantitative estimate of drug-likeness (QED) is 0.0670. The number of aliphatic hydroxyl groups excluding tert-OH is 6. The van der Waals surface area contributed by atoms with Crippen molar-refractivity contribution >= 4 is 18.0 Å². The van der Waals surface area contributed by atoms with Gasteiger partial charge < -0.3 is 97.3 Å². The summed E-state index contributed by atoms with van der Waals surface area (Å²) in [6.45, 7) is 11.9. The first-order valence-electron chi connectivity index (χ1n) is 29.2. The van der Waals surface area contributed by atoms with Gasteiger partial charge in [0.2, 0.25) is 0 Å². The van der Waals surface area contributed by atoms with E-state index in [9.17, 15) is 45.3 Å². The highest BCUT2D eigenvalue weighted by molar-refractivity contribution is 5.87. The molecule has 4 saturated heterocycles. The lowest BCUT2D eigenvalue weighted by Gasteiger charge is -2.67. The highest BCUT2D eigenvalue weighted by Crippen LogP contribution is 2.70. The van der Waals surface area contributed by atoms with E-state index >= 15 is 0 Å². The van der Waals surface area contributed by atoms with Crippen LogP contribution < -0.4 is 0 Å².